The Hall–Kier alpha value is -1.75. The minimum Gasteiger partial charge on any atom is -0.338 e. The highest BCUT2D eigenvalue weighted by atomic mass is 19.1. The van der Waals surface area contributed by atoms with E-state index in [9.17, 15) is 4.39 Å². The number of halogens is 1. The van der Waals surface area contributed by atoms with Gasteiger partial charge in [0.2, 0.25) is 5.89 Å². The van der Waals surface area contributed by atoms with Gasteiger partial charge in [-0.05, 0) is 43.4 Å². The third kappa shape index (κ3) is 2.38. The van der Waals surface area contributed by atoms with Gasteiger partial charge in [0.25, 0.3) is 0 Å². The molecule has 1 aromatic heterocycles. The third-order valence-electron chi connectivity index (χ3n) is 5.61. The van der Waals surface area contributed by atoms with Crippen molar-refractivity contribution in [3.63, 3.8) is 0 Å². The lowest BCUT2D eigenvalue weighted by atomic mass is 9.78. The summed E-state index contributed by atoms with van der Waals surface area (Å²) < 4.78 is 19.4. The highest BCUT2D eigenvalue weighted by Crippen LogP contribution is 2.46. The Kier molecular flexibility index (Phi) is 3.48. The molecule has 2 aliphatic rings. The van der Waals surface area contributed by atoms with E-state index in [-0.39, 0.29) is 11.2 Å². The standard InChI is InChI=1S/C18H22FN3O/c19-14-7-5-6-13(12-14)17(8-1-2-9-17)16-21-15(22-23-16)18(20)10-3-4-11-18/h5-7,12H,1-4,8-11,20H2. The van der Waals surface area contributed by atoms with E-state index >= 15 is 0 Å². The third-order valence-corrected chi connectivity index (χ3v) is 5.61. The topological polar surface area (TPSA) is 64.9 Å². The highest BCUT2D eigenvalue weighted by molar-refractivity contribution is 5.34. The molecule has 0 bridgehead atoms. The highest BCUT2D eigenvalue weighted by Gasteiger charge is 2.44. The SMILES string of the molecule is NC1(c2noc(C3(c4cccc(F)c4)CCCC3)n2)CCCC1. The van der Waals surface area contributed by atoms with Crippen LogP contribution in [0.5, 0.6) is 0 Å². The number of nitrogens with two attached hydrogens (primary N) is 1. The van der Waals surface area contributed by atoms with Crippen molar-refractivity contribution in [1.82, 2.24) is 10.1 Å². The van der Waals surface area contributed by atoms with E-state index in [1.807, 2.05) is 6.07 Å². The van der Waals surface area contributed by atoms with Crippen molar-refractivity contribution in [3.8, 4) is 0 Å². The molecule has 5 heteroatoms. The van der Waals surface area contributed by atoms with Crippen molar-refractivity contribution in [1.29, 1.82) is 0 Å². The average molecular weight is 315 g/mol. The van der Waals surface area contributed by atoms with Crippen LogP contribution in [0.2, 0.25) is 0 Å². The van der Waals surface area contributed by atoms with Gasteiger partial charge in [0.15, 0.2) is 5.82 Å². The van der Waals surface area contributed by atoms with Crippen LogP contribution in [0.15, 0.2) is 28.8 Å². The fraction of sp³-hybridized carbons (Fsp3) is 0.556. The largest absolute Gasteiger partial charge is 0.338 e. The molecule has 4 nitrogen and oxygen atoms in total. The molecule has 0 unspecified atom stereocenters. The quantitative estimate of drug-likeness (QED) is 0.935. The fourth-order valence-electron chi connectivity index (χ4n) is 4.24. The van der Waals surface area contributed by atoms with Crippen LogP contribution in [0.3, 0.4) is 0 Å². The second-order valence-corrected chi connectivity index (χ2v) is 7.09. The maximum Gasteiger partial charge on any atom is 0.237 e. The molecule has 2 saturated carbocycles. The average Bonchev–Trinajstić information content (AvgIpc) is 3.28. The van der Waals surface area contributed by atoms with E-state index < -0.39 is 5.54 Å². The van der Waals surface area contributed by atoms with Crippen molar-refractivity contribution in [3.05, 3.63) is 47.4 Å². The van der Waals surface area contributed by atoms with Crippen LogP contribution < -0.4 is 5.73 Å². The number of hydrogen-bond acceptors (Lipinski definition) is 4. The molecule has 0 aliphatic heterocycles. The molecule has 1 heterocycles. The molecule has 2 N–H and O–H groups in total. The Morgan fingerprint density at radius 2 is 1.74 bits per heavy atom. The molecule has 0 radical (unpaired) electrons. The first kappa shape index (κ1) is 14.8. The predicted octanol–water partition coefficient (Wildman–Crippen LogP) is 3.80. The van der Waals surface area contributed by atoms with Gasteiger partial charge in [0.1, 0.15) is 5.82 Å². The van der Waals surface area contributed by atoms with Crippen LogP contribution in [0.25, 0.3) is 0 Å². The summed E-state index contributed by atoms with van der Waals surface area (Å²) >= 11 is 0. The summed E-state index contributed by atoms with van der Waals surface area (Å²) in [6.07, 6.45) is 8.01. The lowest BCUT2D eigenvalue weighted by Crippen LogP contribution is -2.34. The zero-order chi connectivity index (χ0) is 15.9. The maximum atomic E-state index is 13.7. The van der Waals surface area contributed by atoms with Crippen molar-refractivity contribution in [2.24, 2.45) is 5.73 Å². The number of benzene rings is 1. The summed E-state index contributed by atoms with van der Waals surface area (Å²) in [6.45, 7) is 0. The van der Waals surface area contributed by atoms with Crippen molar-refractivity contribution in [2.75, 3.05) is 0 Å². The summed E-state index contributed by atoms with van der Waals surface area (Å²) in [7, 11) is 0. The summed E-state index contributed by atoms with van der Waals surface area (Å²) in [4.78, 5) is 4.70. The van der Waals surface area contributed by atoms with Gasteiger partial charge in [-0.1, -0.05) is 43.0 Å². The first-order chi connectivity index (χ1) is 11.1. The number of hydrogen-bond donors (Lipinski definition) is 1. The molecule has 0 amide bonds. The van der Waals surface area contributed by atoms with E-state index in [1.165, 1.54) is 6.07 Å². The number of rotatable bonds is 3. The summed E-state index contributed by atoms with van der Waals surface area (Å²) in [5, 5.41) is 4.20. The van der Waals surface area contributed by atoms with Gasteiger partial charge in [0.05, 0.1) is 11.0 Å². The smallest absolute Gasteiger partial charge is 0.237 e. The molecule has 0 spiro atoms. The molecule has 4 rings (SSSR count). The molecule has 1 aromatic carbocycles. The number of aromatic nitrogens is 2. The van der Waals surface area contributed by atoms with Crippen molar-refractivity contribution in [2.45, 2.75) is 62.3 Å². The fourth-order valence-corrected chi connectivity index (χ4v) is 4.24. The lowest BCUT2D eigenvalue weighted by Gasteiger charge is -2.25. The zero-order valence-corrected chi connectivity index (χ0v) is 13.2. The molecule has 2 fully saturated rings. The van der Waals surface area contributed by atoms with Gasteiger partial charge in [-0.15, -0.1) is 0 Å². The van der Waals surface area contributed by atoms with Gasteiger partial charge in [0, 0.05) is 0 Å². The maximum absolute atomic E-state index is 13.7. The first-order valence-corrected chi connectivity index (χ1v) is 8.52. The molecular formula is C18H22FN3O. The molecule has 2 aromatic rings. The van der Waals surface area contributed by atoms with Crippen LogP contribution >= 0.6 is 0 Å². The zero-order valence-electron chi connectivity index (χ0n) is 13.2. The van der Waals surface area contributed by atoms with Crippen LogP contribution in [0.4, 0.5) is 4.39 Å². The summed E-state index contributed by atoms with van der Waals surface area (Å²) in [5.74, 6) is 1.000. The Bertz CT molecular complexity index is 700. The van der Waals surface area contributed by atoms with E-state index in [1.54, 1.807) is 12.1 Å². The van der Waals surface area contributed by atoms with Gasteiger partial charge in [-0.2, -0.15) is 4.98 Å². The lowest BCUT2D eigenvalue weighted by molar-refractivity contribution is 0.301. The molecule has 0 atom stereocenters. The molecule has 23 heavy (non-hydrogen) atoms. The van der Waals surface area contributed by atoms with Crippen molar-refractivity contribution < 1.29 is 8.91 Å². The first-order valence-electron chi connectivity index (χ1n) is 8.52. The monoisotopic (exact) mass is 315 g/mol. The van der Waals surface area contributed by atoms with Crippen LogP contribution in [-0.4, -0.2) is 10.1 Å². The minimum atomic E-state index is -0.455. The minimum absolute atomic E-state index is 0.223. The van der Waals surface area contributed by atoms with E-state index in [4.69, 9.17) is 15.2 Å². The van der Waals surface area contributed by atoms with Crippen LogP contribution in [0, 0.1) is 5.82 Å². The normalized spacial score (nSPS) is 22.5. The van der Waals surface area contributed by atoms with Crippen LogP contribution in [0.1, 0.15) is 68.6 Å². The summed E-state index contributed by atoms with van der Waals surface area (Å²) in [6, 6.07) is 6.79. The molecule has 0 saturated heterocycles. The number of nitrogens with zero attached hydrogens (tertiary/aromatic N) is 2. The second-order valence-electron chi connectivity index (χ2n) is 7.09. The van der Waals surface area contributed by atoms with E-state index in [0.29, 0.717) is 11.7 Å². The Morgan fingerprint density at radius 3 is 2.43 bits per heavy atom. The molecular weight excluding hydrogens is 293 g/mol. The van der Waals surface area contributed by atoms with Crippen molar-refractivity contribution >= 4 is 0 Å². The Morgan fingerprint density at radius 1 is 1.04 bits per heavy atom. The Labute approximate surface area is 135 Å². The molecule has 122 valence electrons. The molecule has 2 aliphatic carbocycles. The van der Waals surface area contributed by atoms with Crippen LogP contribution in [-0.2, 0) is 11.0 Å². The Balaban J connectivity index is 1.75. The second kappa shape index (κ2) is 5.41. The van der Waals surface area contributed by atoms with Gasteiger partial charge in [-0.3, -0.25) is 0 Å². The van der Waals surface area contributed by atoms with Gasteiger partial charge in [-0.25, -0.2) is 4.39 Å². The van der Waals surface area contributed by atoms with Gasteiger partial charge >= 0.3 is 0 Å². The van der Waals surface area contributed by atoms with E-state index in [2.05, 4.69) is 5.16 Å². The summed E-state index contributed by atoms with van der Waals surface area (Å²) in [5.41, 5.74) is 6.57. The predicted molar refractivity (Wildman–Crippen MR) is 84.3 cm³/mol. The van der Waals surface area contributed by atoms with Gasteiger partial charge < -0.3 is 10.3 Å². The van der Waals surface area contributed by atoms with E-state index in [0.717, 1.165) is 56.9 Å².